The Bertz CT molecular complexity index is 706. The molecule has 0 bridgehead atoms. The summed E-state index contributed by atoms with van der Waals surface area (Å²) in [6.45, 7) is 3.76. The molecule has 0 fully saturated rings. The first kappa shape index (κ1) is 18.1. The van der Waals surface area contributed by atoms with Gasteiger partial charge in [0.05, 0.1) is 16.8 Å². The van der Waals surface area contributed by atoms with E-state index in [1.807, 2.05) is 31.2 Å². The summed E-state index contributed by atoms with van der Waals surface area (Å²) in [5.74, 6) is -0.192. The first-order valence-electron chi connectivity index (χ1n) is 7.14. The highest BCUT2D eigenvalue weighted by Gasteiger charge is 2.17. The number of halogens is 3. The lowest BCUT2D eigenvalue weighted by Crippen LogP contribution is -2.39. The summed E-state index contributed by atoms with van der Waals surface area (Å²) in [5.41, 5.74) is 1.51. The predicted molar refractivity (Wildman–Crippen MR) is 97.6 cm³/mol. The number of amides is 1. The van der Waals surface area contributed by atoms with Crippen molar-refractivity contribution in [3.05, 3.63) is 63.1 Å². The molecule has 6 heteroatoms. The van der Waals surface area contributed by atoms with Gasteiger partial charge in [0.15, 0.2) is 0 Å². The number of carbonyl (C=O) groups excluding carboxylic acids is 1. The first-order chi connectivity index (χ1) is 10.9. The van der Waals surface area contributed by atoms with Gasteiger partial charge in [0.25, 0.3) is 0 Å². The fourth-order valence-corrected chi connectivity index (χ4v) is 2.69. The fourth-order valence-electron chi connectivity index (χ4n) is 2.16. The number of benzene rings is 2. The van der Waals surface area contributed by atoms with E-state index in [1.54, 1.807) is 25.1 Å². The number of rotatable bonds is 5. The minimum atomic E-state index is -0.418. The van der Waals surface area contributed by atoms with Crippen molar-refractivity contribution in [2.75, 3.05) is 5.32 Å². The molecule has 3 nitrogen and oxygen atoms in total. The summed E-state index contributed by atoms with van der Waals surface area (Å²) in [6.07, 6.45) is 0. The molecule has 2 atom stereocenters. The third kappa shape index (κ3) is 5.11. The lowest BCUT2D eigenvalue weighted by atomic mass is 10.1. The van der Waals surface area contributed by atoms with Crippen LogP contribution in [-0.4, -0.2) is 11.9 Å². The van der Waals surface area contributed by atoms with Gasteiger partial charge in [0.2, 0.25) is 5.91 Å². The van der Waals surface area contributed by atoms with E-state index in [4.69, 9.17) is 34.8 Å². The van der Waals surface area contributed by atoms with Crippen molar-refractivity contribution in [2.45, 2.75) is 25.9 Å². The quantitative estimate of drug-likeness (QED) is 0.746. The van der Waals surface area contributed by atoms with E-state index in [0.717, 1.165) is 5.56 Å². The third-order valence-electron chi connectivity index (χ3n) is 3.43. The summed E-state index contributed by atoms with van der Waals surface area (Å²) in [4.78, 5) is 12.3. The monoisotopic (exact) mass is 370 g/mol. The van der Waals surface area contributed by atoms with Crippen LogP contribution in [0.5, 0.6) is 0 Å². The highest BCUT2D eigenvalue weighted by Crippen LogP contribution is 2.25. The fraction of sp³-hybridized carbons (Fsp3) is 0.235. The third-order valence-corrected chi connectivity index (χ3v) is 4.23. The first-order valence-corrected chi connectivity index (χ1v) is 8.27. The Balaban J connectivity index is 2.01. The number of carbonyl (C=O) groups is 1. The number of nitrogens with one attached hydrogen (secondary N) is 2. The van der Waals surface area contributed by atoms with Crippen molar-refractivity contribution in [3.63, 3.8) is 0 Å². The molecule has 2 N–H and O–H groups in total. The average molecular weight is 372 g/mol. The molecule has 0 aliphatic rings. The largest absolute Gasteiger partial charge is 0.323 e. The molecular formula is C17H17Cl3N2O. The Kier molecular flexibility index (Phi) is 6.31. The molecular weight excluding hydrogens is 355 g/mol. The van der Waals surface area contributed by atoms with E-state index in [0.29, 0.717) is 20.8 Å². The summed E-state index contributed by atoms with van der Waals surface area (Å²) in [6, 6.07) is 12.0. The van der Waals surface area contributed by atoms with Gasteiger partial charge < -0.3 is 5.32 Å². The van der Waals surface area contributed by atoms with Crippen LogP contribution in [0, 0.1) is 0 Å². The molecule has 0 aliphatic carbocycles. The van der Waals surface area contributed by atoms with Crippen LogP contribution in [0.25, 0.3) is 0 Å². The second-order valence-electron chi connectivity index (χ2n) is 5.28. The summed E-state index contributed by atoms with van der Waals surface area (Å²) >= 11 is 18.0. The van der Waals surface area contributed by atoms with E-state index >= 15 is 0 Å². The maximum atomic E-state index is 12.3. The van der Waals surface area contributed by atoms with Gasteiger partial charge in [-0.25, -0.2) is 0 Å². The van der Waals surface area contributed by atoms with E-state index in [2.05, 4.69) is 10.6 Å². The summed E-state index contributed by atoms with van der Waals surface area (Å²) < 4.78 is 0. The molecule has 0 radical (unpaired) electrons. The van der Waals surface area contributed by atoms with Crippen molar-refractivity contribution in [3.8, 4) is 0 Å². The molecule has 1 amide bonds. The van der Waals surface area contributed by atoms with Crippen molar-refractivity contribution in [1.82, 2.24) is 5.32 Å². The van der Waals surface area contributed by atoms with Crippen molar-refractivity contribution in [1.29, 1.82) is 0 Å². The maximum absolute atomic E-state index is 12.3. The molecule has 0 aromatic heterocycles. The Morgan fingerprint density at radius 2 is 1.70 bits per heavy atom. The smallest absolute Gasteiger partial charge is 0.241 e. The number of hydrogen-bond donors (Lipinski definition) is 2. The van der Waals surface area contributed by atoms with Crippen molar-refractivity contribution >= 4 is 46.4 Å². The lowest BCUT2D eigenvalue weighted by molar-refractivity contribution is -0.117. The molecule has 0 unspecified atom stereocenters. The van der Waals surface area contributed by atoms with Crippen LogP contribution in [-0.2, 0) is 4.79 Å². The maximum Gasteiger partial charge on any atom is 0.241 e. The van der Waals surface area contributed by atoms with Gasteiger partial charge in [0.1, 0.15) is 0 Å². The molecule has 0 aliphatic heterocycles. The standard InChI is InChI=1S/C17H17Cl3N2O/c1-10(12-4-3-5-13(18)8-12)21-11(2)17(23)22-16-9-14(19)6-7-15(16)20/h3-11,21H,1-2H3,(H,22,23)/t10-,11-/m0/s1. The predicted octanol–water partition coefficient (Wildman–Crippen LogP) is 5.32. The van der Waals surface area contributed by atoms with Crippen LogP contribution in [0.15, 0.2) is 42.5 Å². The zero-order chi connectivity index (χ0) is 17.0. The topological polar surface area (TPSA) is 41.1 Å². The molecule has 0 spiro atoms. The van der Waals surface area contributed by atoms with Gasteiger partial charge in [-0.1, -0.05) is 46.9 Å². The van der Waals surface area contributed by atoms with Crippen molar-refractivity contribution in [2.24, 2.45) is 0 Å². The number of hydrogen-bond acceptors (Lipinski definition) is 2. The number of anilines is 1. The van der Waals surface area contributed by atoms with Gasteiger partial charge in [-0.3, -0.25) is 10.1 Å². The minimum absolute atomic E-state index is 0.0238. The normalized spacial score (nSPS) is 13.4. The molecule has 2 aromatic carbocycles. The van der Waals surface area contributed by atoms with Crippen LogP contribution >= 0.6 is 34.8 Å². The second kappa shape index (κ2) is 8.02. The second-order valence-corrected chi connectivity index (χ2v) is 6.56. The van der Waals surface area contributed by atoms with Gasteiger partial charge in [-0.15, -0.1) is 0 Å². The van der Waals surface area contributed by atoms with Gasteiger partial charge >= 0.3 is 0 Å². The van der Waals surface area contributed by atoms with Gasteiger partial charge in [0, 0.05) is 16.1 Å². The highest BCUT2D eigenvalue weighted by atomic mass is 35.5. The van der Waals surface area contributed by atoms with Crippen LogP contribution in [0.2, 0.25) is 15.1 Å². The Hall–Kier alpha value is -1.26. The molecule has 0 saturated heterocycles. The average Bonchev–Trinajstić information content (AvgIpc) is 2.50. The SMILES string of the molecule is C[C@H](N[C@@H](C)c1cccc(Cl)c1)C(=O)Nc1cc(Cl)ccc1Cl. The molecule has 0 saturated carbocycles. The minimum Gasteiger partial charge on any atom is -0.323 e. The van der Waals surface area contributed by atoms with E-state index < -0.39 is 6.04 Å². The van der Waals surface area contributed by atoms with Gasteiger partial charge in [-0.05, 0) is 49.7 Å². The molecule has 0 heterocycles. The summed E-state index contributed by atoms with van der Waals surface area (Å²) in [7, 11) is 0. The van der Waals surface area contributed by atoms with E-state index in [9.17, 15) is 4.79 Å². The van der Waals surface area contributed by atoms with E-state index in [-0.39, 0.29) is 11.9 Å². The van der Waals surface area contributed by atoms with Crippen molar-refractivity contribution < 1.29 is 4.79 Å². The zero-order valence-electron chi connectivity index (χ0n) is 12.7. The van der Waals surface area contributed by atoms with Gasteiger partial charge in [-0.2, -0.15) is 0 Å². The van der Waals surface area contributed by atoms with Crippen LogP contribution in [0.4, 0.5) is 5.69 Å². The van der Waals surface area contributed by atoms with Crippen LogP contribution in [0.1, 0.15) is 25.5 Å². The van der Waals surface area contributed by atoms with Crippen LogP contribution in [0.3, 0.4) is 0 Å². The molecule has 2 rings (SSSR count). The molecule has 23 heavy (non-hydrogen) atoms. The Morgan fingerprint density at radius 3 is 2.39 bits per heavy atom. The Labute approximate surface area is 150 Å². The van der Waals surface area contributed by atoms with Crippen LogP contribution < -0.4 is 10.6 Å². The molecule has 2 aromatic rings. The molecule has 122 valence electrons. The summed E-state index contributed by atoms with van der Waals surface area (Å²) in [5, 5.41) is 7.63. The lowest BCUT2D eigenvalue weighted by Gasteiger charge is -2.20. The highest BCUT2D eigenvalue weighted by molar-refractivity contribution is 6.35. The Morgan fingerprint density at radius 1 is 1.00 bits per heavy atom. The zero-order valence-corrected chi connectivity index (χ0v) is 15.0. The van der Waals surface area contributed by atoms with E-state index in [1.165, 1.54) is 0 Å².